The SMILES string of the molecule is CCCN(CC)S(=O)(=O)c1ncccc1NN. The van der Waals surface area contributed by atoms with Crippen molar-refractivity contribution in [3.8, 4) is 0 Å². The molecule has 6 nitrogen and oxygen atoms in total. The van der Waals surface area contributed by atoms with Gasteiger partial charge in [0.05, 0.1) is 5.69 Å². The number of hydrogen-bond donors (Lipinski definition) is 2. The lowest BCUT2D eigenvalue weighted by Crippen LogP contribution is -2.33. The van der Waals surface area contributed by atoms with Gasteiger partial charge in [0.25, 0.3) is 10.0 Å². The van der Waals surface area contributed by atoms with Crippen LogP contribution in [0, 0.1) is 0 Å². The second-order valence-electron chi connectivity index (χ2n) is 3.50. The van der Waals surface area contributed by atoms with Crippen LogP contribution >= 0.6 is 0 Å². The maximum absolute atomic E-state index is 12.3. The summed E-state index contributed by atoms with van der Waals surface area (Å²) in [4.78, 5) is 3.90. The first kappa shape index (κ1) is 13.9. The van der Waals surface area contributed by atoms with Gasteiger partial charge in [-0.1, -0.05) is 13.8 Å². The molecule has 0 aromatic carbocycles. The normalized spacial score (nSPS) is 11.8. The van der Waals surface area contributed by atoms with Crippen molar-refractivity contribution in [1.29, 1.82) is 0 Å². The number of hydrazine groups is 1. The van der Waals surface area contributed by atoms with Crippen molar-refractivity contribution in [3.05, 3.63) is 18.3 Å². The van der Waals surface area contributed by atoms with E-state index in [9.17, 15) is 8.42 Å². The number of rotatable bonds is 6. The van der Waals surface area contributed by atoms with Gasteiger partial charge >= 0.3 is 0 Å². The number of nitrogen functional groups attached to an aromatic ring is 1. The Morgan fingerprint density at radius 1 is 1.47 bits per heavy atom. The fraction of sp³-hybridized carbons (Fsp3) is 0.500. The summed E-state index contributed by atoms with van der Waals surface area (Å²) in [6.07, 6.45) is 2.19. The number of sulfonamides is 1. The summed E-state index contributed by atoms with van der Waals surface area (Å²) in [5, 5.41) is -0.0298. The van der Waals surface area contributed by atoms with Crippen molar-refractivity contribution < 1.29 is 8.42 Å². The van der Waals surface area contributed by atoms with Crippen LogP contribution in [0.25, 0.3) is 0 Å². The zero-order valence-corrected chi connectivity index (χ0v) is 10.9. The number of nitrogens with zero attached hydrogens (tertiary/aromatic N) is 2. The van der Waals surface area contributed by atoms with Crippen molar-refractivity contribution in [2.75, 3.05) is 18.5 Å². The van der Waals surface area contributed by atoms with Gasteiger partial charge in [-0.15, -0.1) is 0 Å². The second-order valence-corrected chi connectivity index (χ2v) is 5.35. The molecular weight excluding hydrogens is 240 g/mol. The molecule has 3 N–H and O–H groups in total. The minimum atomic E-state index is -3.58. The minimum absolute atomic E-state index is 0.0298. The average molecular weight is 258 g/mol. The van der Waals surface area contributed by atoms with Crippen LogP contribution in [-0.4, -0.2) is 30.8 Å². The van der Waals surface area contributed by atoms with Gasteiger partial charge in [-0.25, -0.2) is 13.4 Å². The molecule has 0 radical (unpaired) electrons. The first-order valence-corrected chi connectivity index (χ1v) is 6.93. The first-order chi connectivity index (χ1) is 8.07. The van der Waals surface area contributed by atoms with Crippen LogP contribution in [0.3, 0.4) is 0 Å². The van der Waals surface area contributed by atoms with Gasteiger partial charge < -0.3 is 5.43 Å². The van der Waals surface area contributed by atoms with E-state index in [1.165, 1.54) is 10.5 Å². The van der Waals surface area contributed by atoms with Crippen molar-refractivity contribution in [2.45, 2.75) is 25.3 Å². The third-order valence-corrected chi connectivity index (χ3v) is 4.27. The Morgan fingerprint density at radius 3 is 2.71 bits per heavy atom. The fourth-order valence-electron chi connectivity index (χ4n) is 1.53. The van der Waals surface area contributed by atoms with Crippen LogP contribution in [0.15, 0.2) is 23.4 Å². The molecule has 0 aliphatic rings. The number of nitrogens with two attached hydrogens (primary N) is 1. The molecule has 7 heteroatoms. The van der Waals surface area contributed by atoms with E-state index in [1.54, 1.807) is 19.1 Å². The molecule has 0 aliphatic heterocycles. The summed E-state index contributed by atoms with van der Waals surface area (Å²) in [5.74, 6) is 5.29. The molecular formula is C10H18N4O2S. The van der Waals surface area contributed by atoms with Gasteiger partial charge in [0, 0.05) is 19.3 Å². The van der Waals surface area contributed by atoms with Crippen molar-refractivity contribution in [2.24, 2.45) is 5.84 Å². The summed E-state index contributed by atoms with van der Waals surface area (Å²) in [5.41, 5.74) is 2.66. The van der Waals surface area contributed by atoms with E-state index < -0.39 is 10.0 Å². The van der Waals surface area contributed by atoms with Crippen molar-refractivity contribution in [1.82, 2.24) is 9.29 Å². The molecule has 0 atom stereocenters. The Bertz CT molecular complexity index is 461. The highest BCUT2D eigenvalue weighted by atomic mass is 32.2. The lowest BCUT2D eigenvalue weighted by atomic mass is 10.4. The Kier molecular flexibility index (Phi) is 4.86. The molecule has 96 valence electrons. The van der Waals surface area contributed by atoms with Crippen LogP contribution in [0.2, 0.25) is 0 Å². The fourth-order valence-corrected chi connectivity index (χ4v) is 3.13. The molecule has 1 heterocycles. The minimum Gasteiger partial charge on any atom is -0.321 e. The van der Waals surface area contributed by atoms with E-state index in [4.69, 9.17) is 5.84 Å². The molecule has 1 aromatic rings. The van der Waals surface area contributed by atoms with Gasteiger partial charge in [0.2, 0.25) is 0 Å². The smallest absolute Gasteiger partial charge is 0.262 e. The van der Waals surface area contributed by atoms with Crippen molar-refractivity contribution in [3.63, 3.8) is 0 Å². The molecule has 0 fully saturated rings. The number of anilines is 1. The Balaban J connectivity index is 3.20. The van der Waals surface area contributed by atoms with E-state index >= 15 is 0 Å². The molecule has 0 saturated carbocycles. The van der Waals surface area contributed by atoms with Gasteiger partial charge in [0.1, 0.15) is 0 Å². The summed E-state index contributed by atoms with van der Waals surface area (Å²) in [6, 6.07) is 3.21. The molecule has 0 amide bonds. The van der Waals surface area contributed by atoms with E-state index in [0.29, 0.717) is 18.8 Å². The number of pyridine rings is 1. The standard InChI is InChI=1S/C10H18N4O2S/c1-3-8-14(4-2)17(15,16)10-9(13-11)6-5-7-12-10/h5-7,13H,3-4,8,11H2,1-2H3. The zero-order valence-electron chi connectivity index (χ0n) is 10.0. The molecule has 0 aliphatic carbocycles. The van der Waals surface area contributed by atoms with E-state index in [0.717, 1.165) is 6.42 Å². The van der Waals surface area contributed by atoms with Gasteiger partial charge in [-0.3, -0.25) is 5.84 Å². The third-order valence-electron chi connectivity index (χ3n) is 2.34. The number of nitrogens with one attached hydrogen (secondary N) is 1. The van der Waals surface area contributed by atoms with Gasteiger partial charge in [0.15, 0.2) is 5.03 Å². The highest BCUT2D eigenvalue weighted by Gasteiger charge is 2.26. The Hall–Kier alpha value is -1.18. The summed E-state index contributed by atoms with van der Waals surface area (Å²) >= 11 is 0. The van der Waals surface area contributed by atoms with E-state index in [-0.39, 0.29) is 5.03 Å². The summed E-state index contributed by atoms with van der Waals surface area (Å²) < 4.78 is 26.0. The predicted molar refractivity (Wildman–Crippen MR) is 66.8 cm³/mol. The number of aromatic nitrogens is 1. The largest absolute Gasteiger partial charge is 0.321 e. The Morgan fingerprint density at radius 2 is 2.18 bits per heavy atom. The second kappa shape index (κ2) is 5.95. The Labute approximate surface area is 102 Å². The van der Waals surface area contributed by atoms with E-state index in [1.807, 2.05) is 6.92 Å². The molecule has 1 rings (SSSR count). The average Bonchev–Trinajstić information content (AvgIpc) is 2.35. The van der Waals surface area contributed by atoms with Crippen molar-refractivity contribution >= 4 is 15.7 Å². The zero-order chi connectivity index (χ0) is 12.9. The van der Waals surface area contributed by atoms with Crippen LogP contribution in [-0.2, 0) is 10.0 Å². The molecule has 0 spiro atoms. The quantitative estimate of drug-likeness (QED) is 0.581. The van der Waals surface area contributed by atoms with Crippen LogP contribution in [0.5, 0.6) is 0 Å². The number of hydrogen-bond acceptors (Lipinski definition) is 5. The highest BCUT2D eigenvalue weighted by molar-refractivity contribution is 7.89. The third kappa shape index (κ3) is 2.93. The molecule has 17 heavy (non-hydrogen) atoms. The topological polar surface area (TPSA) is 88.3 Å². The van der Waals surface area contributed by atoms with E-state index in [2.05, 4.69) is 10.4 Å². The van der Waals surface area contributed by atoms with Crippen LogP contribution in [0.4, 0.5) is 5.69 Å². The summed E-state index contributed by atoms with van der Waals surface area (Å²) in [7, 11) is -3.58. The molecule has 0 unspecified atom stereocenters. The van der Waals surface area contributed by atoms with Gasteiger partial charge in [-0.2, -0.15) is 4.31 Å². The highest BCUT2D eigenvalue weighted by Crippen LogP contribution is 2.21. The first-order valence-electron chi connectivity index (χ1n) is 5.49. The lowest BCUT2D eigenvalue weighted by molar-refractivity contribution is 0.425. The monoisotopic (exact) mass is 258 g/mol. The maximum Gasteiger partial charge on any atom is 0.262 e. The van der Waals surface area contributed by atoms with Crippen LogP contribution < -0.4 is 11.3 Å². The molecule has 0 bridgehead atoms. The summed E-state index contributed by atoms with van der Waals surface area (Å²) in [6.45, 7) is 4.61. The molecule has 0 saturated heterocycles. The predicted octanol–water partition coefficient (Wildman–Crippen LogP) is 0.788. The van der Waals surface area contributed by atoms with Crippen LogP contribution in [0.1, 0.15) is 20.3 Å². The maximum atomic E-state index is 12.3. The lowest BCUT2D eigenvalue weighted by Gasteiger charge is -2.20. The molecule has 1 aromatic heterocycles. The van der Waals surface area contributed by atoms with Gasteiger partial charge in [-0.05, 0) is 18.6 Å².